The van der Waals surface area contributed by atoms with Gasteiger partial charge in [-0.25, -0.2) is 0 Å². The molecule has 6 rings (SSSR count). The predicted octanol–water partition coefficient (Wildman–Crippen LogP) is 7.36. The molecule has 0 amide bonds. The van der Waals surface area contributed by atoms with Crippen LogP contribution in [0.2, 0.25) is 0 Å². The molecular formula is C42H49N3O6. The number of aryl methyl sites for hydroxylation is 2. The summed E-state index contributed by atoms with van der Waals surface area (Å²) in [5.41, 5.74) is 11.2. The lowest BCUT2D eigenvalue weighted by atomic mass is 9.96. The number of carbonyl (C=O) groups is 1. The minimum Gasteiger partial charge on any atom is -0.508 e. The second-order valence-corrected chi connectivity index (χ2v) is 13.0. The number of ketones is 1. The van der Waals surface area contributed by atoms with Crippen molar-refractivity contribution in [1.82, 2.24) is 0 Å². The Morgan fingerprint density at radius 1 is 1.04 bits per heavy atom. The number of Topliss-reactive ketones (excluding diaryl/α,β-unsaturated/α-hetero) is 1. The summed E-state index contributed by atoms with van der Waals surface area (Å²) >= 11 is 0. The summed E-state index contributed by atoms with van der Waals surface area (Å²) in [4.78, 5) is 17.2. The largest absolute Gasteiger partial charge is 0.508 e. The molecule has 4 aromatic carbocycles. The number of aromatic hydroxyl groups is 1. The van der Waals surface area contributed by atoms with Crippen molar-refractivity contribution < 1.29 is 29.2 Å². The Morgan fingerprint density at radius 2 is 1.88 bits per heavy atom. The molecule has 0 spiro atoms. The van der Waals surface area contributed by atoms with Crippen molar-refractivity contribution in [2.45, 2.75) is 89.9 Å². The summed E-state index contributed by atoms with van der Waals surface area (Å²) in [6, 6.07) is 21.4. The molecule has 268 valence electrons. The summed E-state index contributed by atoms with van der Waals surface area (Å²) < 4.78 is 17.8. The summed E-state index contributed by atoms with van der Waals surface area (Å²) in [7, 11) is 3.25. The van der Waals surface area contributed by atoms with E-state index >= 15 is 0 Å². The van der Waals surface area contributed by atoms with Crippen molar-refractivity contribution >= 4 is 28.2 Å². The number of aliphatic hydroxyl groups is 1. The van der Waals surface area contributed by atoms with Crippen LogP contribution < -0.4 is 20.5 Å². The number of guanidine groups is 1. The normalized spacial score (nSPS) is 15.2. The standard InChI is InChI=1S/C42H49N3O6/c1-44-42(43)45-34-12-8-11-29(22-34)10-6-4-3-5-7-13-36-26-35(47)18-15-30-16-20-40(49-2)41(23-30)51-28-33-24-31-17-19-39(48)37(14-9-21-50-36)38(31)25-32(33)27-46/h8,11-12,16-17,19-20,22-25,36,46,48H,3-7,10,13-15,18,26-28H2,1-2H3,(H3,43,44,45)/t36-/m0/s1. The van der Waals surface area contributed by atoms with Gasteiger partial charge in [-0.15, -0.1) is 0 Å². The number of anilines is 1. The quantitative estimate of drug-likeness (QED) is 0.0555. The molecule has 6 bridgehead atoms. The highest BCUT2D eigenvalue weighted by Crippen LogP contribution is 2.33. The number of nitrogens with two attached hydrogens (primary N) is 1. The minimum atomic E-state index is -0.319. The Morgan fingerprint density at radius 3 is 2.71 bits per heavy atom. The number of nitrogens with zero attached hydrogens (tertiary/aromatic N) is 1. The van der Waals surface area contributed by atoms with Crippen molar-refractivity contribution in [3.05, 3.63) is 94.5 Å². The van der Waals surface area contributed by atoms with E-state index in [1.807, 2.05) is 48.5 Å². The lowest BCUT2D eigenvalue weighted by Gasteiger charge is -2.16. The summed E-state index contributed by atoms with van der Waals surface area (Å²) in [6.07, 6.45) is 11.0. The lowest BCUT2D eigenvalue weighted by molar-refractivity contribution is -0.121. The molecule has 2 heterocycles. The van der Waals surface area contributed by atoms with Gasteiger partial charge < -0.3 is 35.5 Å². The van der Waals surface area contributed by atoms with Crippen molar-refractivity contribution in [1.29, 1.82) is 0 Å². The number of nitrogens with one attached hydrogen (secondary N) is 1. The van der Waals surface area contributed by atoms with Crippen LogP contribution in [0.4, 0.5) is 5.69 Å². The molecule has 2 aliphatic heterocycles. The summed E-state index contributed by atoms with van der Waals surface area (Å²) in [6.45, 7) is 0.0308. The molecule has 51 heavy (non-hydrogen) atoms. The van der Waals surface area contributed by atoms with E-state index < -0.39 is 0 Å². The van der Waals surface area contributed by atoms with Crippen molar-refractivity contribution in [3.63, 3.8) is 0 Å². The first-order chi connectivity index (χ1) is 24.9. The first-order valence-electron chi connectivity index (χ1n) is 17.8. The monoisotopic (exact) mass is 691 g/mol. The van der Waals surface area contributed by atoms with Gasteiger partial charge in [0.1, 0.15) is 30.4 Å². The van der Waals surface area contributed by atoms with Gasteiger partial charge in [0.15, 0.2) is 17.5 Å². The fourth-order valence-corrected chi connectivity index (χ4v) is 6.46. The highest BCUT2D eigenvalue weighted by molar-refractivity contribution is 5.92. The molecule has 0 aliphatic carbocycles. The van der Waals surface area contributed by atoms with E-state index in [0.29, 0.717) is 41.4 Å². The number of aliphatic imine (C=N–C) groups is 1. The number of fused-ring (bicyclic) bond motifs is 9. The molecule has 0 saturated heterocycles. The zero-order valence-corrected chi connectivity index (χ0v) is 29.7. The third-order valence-electron chi connectivity index (χ3n) is 9.35. The molecule has 0 saturated carbocycles. The number of carbonyl (C=O) groups excluding carboxylic acids is 1. The Kier molecular flexibility index (Phi) is 13.6. The molecule has 0 aromatic heterocycles. The van der Waals surface area contributed by atoms with E-state index in [-0.39, 0.29) is 43.7 Å². The Labute approximate surface area is 300 Å². The van der Waals surface area contributed by atoms with Crippen LogP contribution in [0.25, 0.3) is 10.8 Å². The second-order valence-electron chi connectivity index (χ2n) is 13.0. The van der Waals surface area contributed by atoms with Crippen LogP contribution in [0, 0.1) is 12.0 Å². The maximum Gasteiger partial charge on any atom is 0.192 e. The van der Waals surface area contributed by atoms with Crippen LogP contribution in [0.5, 0.6) is 17.2 Å². The molecule has 9 nitrogen and oxygen atoms in total. The average Bonchev–Trinajstić information content (AvgIpc) is 3.14. The second kappa shape index (κ2) is 18.7. The van der Waals surface area contributed by atoms with Crippen LogP contribution in [0.3, 0.4) is 0 Å². The number of phenolic OH excluding ortho intramolecular Hbond substituents is 1. The fourth-order valence-electron chi connectivity index (χ4n) is 6.46. The Bertz CT molecular complexity index is 1890. The topological polar surface area (TPSA) is 136 Å². The van der Waals surface area contributed by atoms with Gasteiger partial charge in [0, 0.05) is 37.6 Å². The number of ether oxygens (including phenoxy) is 3. The van der Waals surface area contributed by atoms with Gasteiger partial charge in [0.2, 0.25) is 0 Å². The third-order valence-corrected chi connectivity index (χ3v) is 9.35. The van der Waals surface area contributed by atoms with E-state index in [1.165, 1.54) is 5.56 Å². The molecule has 9 heteroatoms. The third kappa shape index (κ3) is 10.6. The van der Waals surface area contributed by atoms with Crippen molar-refractivity contribution in [2.75, 3.05) is 19.5 Å². The first kappa shape index (κ1) is 37.1. The van der Waals surface area contributed by atoms with Crippen LogP contribution >= 0.6 is 0 Å². The van der Waals surface area contributed by atoms with Gasteiger partial charge in [-0.1, -0.05) is 49.4 Å². The summed E-state index contributed by atoms with van der Waals surface area (Å²) in [5.74, 6) is 4.88. The van der Waals surface area contributed by atoms with Crippen LogP contribution in [0.1, 0.15) is 79.2 Å². The van der Waals surface area contributed by atoms with E-state index in [2.05, 4.69) is 34.5 Å². The van der Waals surface area contributed by atoms with Crippen LogP contribution in [-0.2, 0) is 42.0 Å². The van der Waals surface area contributed by atoms with E-state index in [1.54, 1.807) is 20.2 Å². The molecule has 2 aliphatic rings. The predicted molar refractivity (Wildman–Crippen MR) is 202 cm³/mol. The maximum atomic E-state index is 13.2. The number of rotatable bonds is 11. The summed E-state index contributed by atoms with van der Waals surface area (Å²) in [5, 5.41) is 25.8. The molecule has 0 unspecified atom stereocenters. The number of hydrogen-bond donors (Lipinski definition) is 4. The van der Waals surface area contributed by atoms with E-state index in [9.17, 15) is 15.0 Å². The van der Waals surface area contributed by atoms with Gasteiger partial charge >= 0.3 is 0 Å². The van der Waals surface area contributed by atoms with E-state index in [0.717, 1.165) is 72.5 Å². The van der Waals surface area contributed by atoms with Crippen LogP contribution in [-0.4, -0.2) is 42.2 Å². The SMILES string of the molecule is CN=C(N)Nc1cccc(CCCCCCC[C@H]2CC(=O)CCc3ccc(OC)c(c3)OCc3cc4ccc(O)c(c4cc3CO)CC#CO2)c1. The smallest absolute Gasteiger partial charge is 0.192 e. The highest BCUT2D eigenvalue weighted by atomic mass is 16.5. The number of unbranched alkanes of at least 4 members (excludes halogenated alkanes) is 4. The molecule has 0 fully saturated rings. The van der Waals surface area contributed by atoms with E-state index in [4.69, 9.17) is 19.9 Å². The molecule has 4 aromatic rings. The Hall–Kier alpha value is -5.20. The van der Waals surface area contributed by atoms with Gasteiger partial charge in [-0.3, -0.25) is 9.79 Å². The molecule has 1 atom stereocenters. The zero-order valence-electron chi connectivity index (χ0n) is 29.7. The first-order valence-corrected chi connectivity index (χ1v) is 17.8. The van der Waals surface area contributed by atoms with Crippen LogP contribution in [0.15, 0.2) is 71.7 Å². The minimum absolute atomic E-state index is 0.120. The highest BCUT2D eigenvalue weighted by Gasteiger charge is 2.17. The average molecular weight is 692 g/mol. The number of aliphatic hydroxyl groups excluding tert-OH is 1. The number of phenols is 1. The maximum absolute atomic E-state index is 13.2. The van der Waals surface area contributed by atoms with Crippen molar-refractivity contribution in [3.8, 4) is 29.3 Å². The van der Waals surface area contributed by atoms with Gasteiger partial charge in [0.25, 0.3) is 0 Å². The molecular weight excluding hydrogens is 642 g/mol. The lowest BCUT2D eigenvalue weighted by Crippen LogP contribution is -2.21. The molecule has 5 N–H and O–H groups in total. The Balaban J connectivity index is 1.25. The van der Waals surface area contributed by atoms with Gasteiger partial charge in [-0.05, 0) is 108 Å². The number of hydrogen-bond acceptors (Lipinski definition) is 7. The molecule has 0 radical (unpaired) electrons. The van der Waals surface area contributed by atoms with Gasteiger partial charge in [0.05, 0.1) is 13.7 Å². The zero-order chi connectivity index (χ0) is 36.0. The fraction of sp³-hybridized carbons (Fsp3) is 0.381. The van der Waals surface area contributed by atoms with Crippen molar-refractivity contribution in [2.24, 2.45) is 10.7 Å². The van der Waals surface area contributed by atoms with Gasteiger partial charge in [-0.2, -0.15) is 0 Å². The number of methoxy groups -OCH3 is 1. The number of benzene rings is 4.